The van der Waals surface area contributed by atoms with Crippen molar-refractivity contribution in [2.75, 3.05) is 11.9 Å². The van der Waals surface area contributed by atoms with E-state index < -0.39 is 6.10 Å². The van der Waals surface area contributed by atoms with Crippen molar-refractivity contribution in [2.45, 2.75) is 12.5 Å². The van der Waals surface area contributed by atoms with Gasteiger partial charge in [-0.05, 0) is 11.1 Å². The number of hydrogen-bond acceptors (Lipinski definition) is 5. The molecule has 5 nitrogen and oxygen atoms in total. The second kappa shape index (κ2) is 8.04. The van der Waals surface area contributed by atoms with Gasteiger partial charge in [-0.3, -0.25) is 0 Å². The maximum absolute atomic E-state index is 10.2. The molecule has 0 aliphatic heterocycles. The summed E-state index contributed by atoms with van der Waals surface area (Å²) in [5.74, 6) is 0.654. The number of anilines is 1. The molecule has 5 heteroatoms. The average Bonchev–Trinajstić information content (AvgIpc) is 2.68. The monoisotopic (exact) mass is 330 g/mol. The number of nitriles is 1. The van der Waals surface area contributed by atoms with Gasteiger partial charge in [-0.2, -0.15) is 5.26 Å². The quantitative estimate of drug-likeness (QED) is 0.724. The Kier molecular flexibility index (Phi) is 5.35. The van der Waals surface area contributed by atoms with Crippen LogP contribution in [0.4, 0.5) is 5.82 Å². The van der Waals surface area contributed by atoms with E-state index in [1.54, 1.807) is 0 Å². The van der Waals surface area contributed by atoms with Gasteiger partial charge in [0.1, 0.15) is 12.1 Å². The lowest BCUT2D eigenvalue weighted by atomic mass is 10.1. The zero-order valence-electron chi connectivity index (χ0n) is 13.6. The summed E-state index contributed by atoms with van der Waals surface area (Å²) < 4.78 is 0. The molecule has 2 aromatic carbocycles. The molecule has 1 heterocycles. The van der Waals surface area contributed by atoms with Gasteiger partial charge in [-0.25, -0.2) is 9.97 Å². The molecule has 0 saturated heterocycles. The van der Waals surface area contributed by atoms with E-state index in [4.69, 9.17) is 5.26 Å². The third-order valence-corrected chi connectivity index (χ3v) is 3.86. The van der Waals surface area contributed by atoms with Crippen LogP contribution in [-0.2, 0) is 6.42 Å². The number of benzene rings is 2. The fraction of sp³-hybridized carbons (Fsp3) is 0.150. The number of nitrogens with one attached hydrogen (secondary N) is 1. The lowest BCUT2D eigenvalue weighted by Crippen LogP contribution is -2.13. The summed E-state index contributed by atoms with van der Waals surface area (Å²) >= 11 is 0. The minimum Gasteiger partial charge on any atom is -0.387 e. The first kappa shape index (κ1) is 16.6. The Balaban J connectivity index is 1.68. The van der Waals surface area contributed by atoms with Crippen LogP contribution in [0, 0.1) is 11.3 Å². The number of hydrogen-bond donors (Lipinski definition) is 2. The Bertz CT molecular complexity index is 857. The Hall–Kier alpha value is -3.23. The molecule has 1 aromatic heterocycles. The zero-order chi connectivity index (χ0) is 17.5. The van der Waals surface area contributed by atoms with Crippen LogP contribution in [0.5, 0.6) is 0 Å². The van der Waals surface area contributed by atoms with Crippen molar-refractivity contribution in [3.8, 4) is 17.3 Å². The molecule has 1 unspecified atom stereocenters. The van der Waals surface area contributed by atoms with Crippen LogP contribution < -0.4 is 5.32 Å². The normalized spacial score (nSPS) is 11.5. The highest BCUT2D eigenvalue weighted by atomic mass is 16.3. The molecule has 0 amide bonds. The molecule has 2 N–H and O–H groups in total. The maximum Gasteiger partial charge on any atom is 0.130 e. The van der Waals surface area contributed by atoms with Gasteiger partial charge in [0.05, 0.1) is 24.3 Å². The van der Waals surface area contributed by atoms with Crippen LogP contribution in [0.15, 0.2) is 67.0 Å². The SMILES string of the molecule is N#CCc1ccc(-c2cc(NCC(O)c3ccccc3)ncn2)cc1. The van der Waals surface area contributed by atoms with Gasteiger partial charge >= 0.3 is 0 Å². The summed E-state index contributed by atoms with van der Waals surface area (Å²) in [4.78, 5) is 8.49. The highest BCUT2D eigenvalue weighted by Crippen LogP contribution is 2.20. The highest BCUT2D eigenvalue weighted by molar-refractivity contribution is 5.62. The predicted octanol–water partition coefficient (Wildman–Crippen LogP) is 3.36. The number of aliphatic hydroxyl groups is 1. The molecule has 1 atom stereocenters. The van der Waals surface area contributed by atoms with Gasteiger partial charge in [0, 0.05) is 18.2 Å². The Morgan fingerprint density at radius 2 is 1.80 bits per heavy atom. The number of nitrogens with zero attached hydrogens (tertiary/aromatic N) is 3. The van der Waals surface area contributed by atoms with Crippen molar-refractivity contribution in [1.29, 1.82) is 5.26 Å². The molecule has 0 aliphatic rings. The minimum absolute atomic E-state index is 0.363. The first-order valence-corrected chi connectivity index (χ1v) is 8.01. The first-order chi connectivity index (χ1) is 12.3. The van der Waals surface area contributed by atoms with Crippen LogP contribution >= 0.6 is 0 Å². The second-order valence-electron chi connectivity index (χ2n) is 5.63. The summed E-state index contributed by atoms with van der Waals surface area (Å²) in [6, 6.07) is 21.2. The fourth-order valence-electron chi connectivity index (χ4n) is 2.49. The van der Waals surface area contributed by atoms with Gasteiger partial charge in [0.25, 0.3) is 0 Å². The molecule has 0 fully saturated rings. The molecular formula is C20H18N4O. The maximum atomic E-state index is 10.2. The number of rotatable bonds is 6. The van der Waals surface area contributed by atoms with Crippen molar-refractivity contribution in [3.05, 3.63) is 78.1 Å². The van der Waals surface area contributed by atoms with E-state index in [-0.39, 0.29) is 0 Å². The highest BCUT2D eigenvalue weighted by Gasteiger charge is 2.08. The van der Waals surface area contributed by atoms with E-state index in [0.717, 1.165) is 22.4 Å². The second-order valence-corrected chi connectivity index (χ2v) is 5.63. The Labute approximate surface area is 146 Å². The van der Waals surface area contributed by atoms with Gasteiger partial charge in [-0.15, -0.1) is 0 Å². The molecule has 3 rings (SSSR count). The molecule has 0 aliphatic carbocycles. The fourth-order valence-corrected chi connectivity index (χ4v) is 2.49. The summed E-state index contributed by atoms with van der Waals surface area (Å²) in [5, 5.41) is 22.1. The van der Waals surface area contributed by atoms with Gasteiger partial charge < -0.3 is 10.4 Å². The number of aliphatic hydroxyl groups excluding tert-OH is 1. The summed E-state index contributed by atoms with van der Waals surface area (Å²) in [6.45, 7) is 0.363. The van der Waals surface area contributed by atoms with E-state index >= 15 is 0 Å². The summed E-state index contributed by atoms with van der Waals surface area (Å²) in [7, 11) is 0. The van der Waals surface area contributed by atoms with Crippen LogP contribution in [0.3, 0.4) is 0 Å². The molecule has 0 bridgehead atoms. The van der Waals surface area contributed by atoms with Crippen molar-refractivity contribution in [3.63, 3.8) is 0 Å². The van der Waals surface area contributed by atoms with Gasteiger partial charge in [0.2, 0.25) is 0 Å². The van der Waals surface area contributed by atoms with E-state index in [1.165, 1.54) is 6.33 Å². The molecule has 0 spiro atoms. The zero-order valence-corrected chi connectivity index (χ0v) is 13.6. The predicted molar refractivity (Wildman–Crippen MR) is 96.7 cm³/mol. The van der Waals surface area contributed by atoms with Crippen molar-refractivity contribution in [1.82, 2.24) is 9.97 Å². The number of aromatic nitrogens is 2. The Morgan fingerprint density at radius 1 is 1.04 bits per heavy atom. The first-order valence-electron chi connectivity index (χ1n) is 8.01. The van der Waals surface area contributed by atoms with Gasteiger partial charge in [-0.1, -0.05) is 54.6 Å². The molecule has 25 heavy (non-hydrogen) atoms. The standard InChI is InChI=1S/C20H18N4O/c21-11-10-15-6-8-16(9-7-15)18-12-20(24-14-23-18)22-13-19(25)17-4-2-1-3-5-17/h1-9,12,14,19,25H,10,13H2,(H,22,23,24). The topological polar surface area (TPSA) is 81.8 Å². The third kappa shape index (κ3) is 4.40. The van der Waals surface area contributed by atoms with Crippen molar-refractivity contribution >= 4 is 5.82 Å². The van der Waals surface area contributed by atoms with Crippen LogP contribution in [0.25, 0.3) is 11.3 Å². The van der Waals surface area contributed by atoms with E-state index in [1.807, 2.05) is 60.7 Å². The Morgan fingerprint density at radius 3 is 2.52 bits per heavy atom. The van der Waals surface area contributed by atoms with Crippen LogP contribution in [0.1, 0.15) is 17.2 Å². The third-order valence-electron chi connectivity index (χ3n) is 3.86. The van der Waals surface area contributed by atoms with E-state index in [2.05, 4.69) is 21.4 Å². The van der Waals surface area contributed by atoms with Crippen molar-refractivity contribution < 1.29 is 5.11 Å². The van der Waals surface area contributed by atoms with Crippen LogP contribution in [-0.4, -0.2) is 21.6 Å². The molecule has 124 valence electrons. The average molecular weight is 330 g/mol. The van der Waals surface area contributed by atoms with Gasteiger partial charge in [0.15, 0.2) is 0 Å². The molecule has 3 aromatic rings. The molecule has 0 saturated carbocycles. The largest absolute Gasteiger partial charge is 0.387 e. The van der Waals surface area contributed by atoms with Crippen LogP contribution in [0.2, 0.25) is 0 Å². The lowest BCUT2D eigenvalue weighted by Gasteiger charge is -2.13. The van der Waals surface area contributed by atoms with Crippen molar-refractivity contribution in [2.24, 2.45) is 0 Å². The molecular weight excluding hydrogens is 312 g/mol. The minimum atomic E-state index is -0.607. The lowest BCUT2D eigenvalue weighted by molar-refractivity contribution is 0.191. The van der Waals surface area contributed by atoms with E-state index in [0.29, 0.717) is 18.8 Å². The van der Waals surface area contributed by atoms with E-state index in [9.17, 15) is 5.11 Å². The smallest absolute Gasteiger partial charge is 0.130 e. The molecule has 0 radical (unpaired) electrons. The summed E-state index contributed by atoms with van der Waals surface area (Å²) in [6.07, 6.45) is 1.29. The summed E-state index contributed by atoms with van der Waals surface area (Å²) in [5.41, 5.74) is 3.58.